The van der Waals surface area contributed by atoms with Crippen LogP contribution in [0.4, 0.5) is 8.78 Å². The van der Waals surface area contributed by atoms with Crippen molar-refractivity contribution < 1.29 is 28.8 Å². The van der Waals surface area contributed by atoms with E-state index < -0.39 is 17.7 Å². The number of aromatic hydroxyl groups is 2. The summed E-state index contributed by atoms with van der Waals surface area (Å²) in [6.45, 7) is 0. The van der Waals surface area contributed by atoms with Gasteiger partial charge >= 0.3 is 0 Å². The summed E-state index contributed by atoms with van der Waals surface area (Å²) in [5, 5.41) is 28.7. The molecule has 1 aliphatic heterocycles. The Labute approximate surface area is 118 Å². The maximum atomic E-state index is 13.6. The number of aliphatic hydroxyl groups is 1. The number of ether oxygens (including phenoxy) is 1. The molecule has 1 heterocycles. The third-order valence-electron chi connectivity index (χ3n) is 3.16. The molecule has 1 aliphatic rings. The lowest BCUT2D eigenvalue weighted by molar-refractivity contribution is 0.173. The molecule has 0 saturated carbocycles. The molecule has 6 heteroatoms. The minimum absolute atomic E-state index is 0.0480. The second-order valence-corrected chi connectivity index (χ2v) is 4.61. The highest BCUT2D eigenvalue weighted by molar-refractivity contribution is 5.63. The van der Waals surface area contributed by atoms with Crippen LogP contribution >= 0.6 is 0 Å². The van der Waals surface area contributed by atoms with E-state index in [9.17, 15) is 24.1 Å². The molecule has 0 radical (unpaired) electrons. The molecule has 0 spiro atoms. The largest absolute Gasteiger partial charge is 0.508 e. The van der Waals surface area contributed by atoms with Crippen molar-refractivity contribution in [3.8, 4) is 17.2 Å². The van der Waals surface area contributed by atoms with Crippen LogP contribution in [-0.4, -0.2) is 15.3 Å². The first kappa shape index (κ1) is 13.2. The number of halogens is 2. The summed E-state index contributed by atoms with van der Waals surface area (Å²) in [5.74, 6) is -2.70. The van der Waals surface area contributed by atoms with Crippen LogP contribution in [0.2, 0.25) is 0 Å². The van der Waals surface area contributed by atoms with E-state index in [2.05, 4.69) is 0 Å². The molecule has 4 nitrogen and oxygen atoms in total. The van der Waals surface area contributed by atoms with Crippen molar-refractivity contribution in [2.45, 2.75) is 6.10 Å². The fraction of sp³-hybridized carbons (Fsp3) is 0.0667. The molecule has 0 aliphatic carbocycles. The van der Waals surface area contributed by atoms with E-state index in [1.54, 1.807) is 0 Å². The van der Waals surface area contributed by atoms with E-state index in [0.717, 1.165) is 12.1 Å². The lowest BCUT2D eigenvalue weighted by atomic mass is 10.0. The predicted octanol–water partition coefficient (Wildman–Crippen LogP) is 3.41. The van der Waals surface area contributed by atoms with E-state index in [1.807, 2.05) is 0 Å². The van der Waals surface area contributed by atoms with Gasteiger partial charge in [0, 0.05) is 17.7 Å². The highest BCUT2D eigenvalue weighted by Crippen LogP contribution is 2.39. The molecule has 2 aromatic carbocycles. The average Bonchev–Trinajstić information content (AvgIpc) is 2.42. The summed E-state index contributed by atoms with van der Waals surface area (Å²) in [6.07, 6.45) is 0.118. The van der Waals surface area contributed by atoms with Gasteiger partial charge < -0.3 is 20.1 Å². The van der Waals surface area contributed by atoms with Crippen molar-refractivity contribution >= 4 is 6.08 Å². The Bertz CT molecular complexity index is 756. The molecule has 3 N–H and O–H groups in total. The van der Waals surface area contributed by atoms with Gasteiger partial charge in [0.05, 0.1) is 5.56 Å². The molecule has 0 fully saturated rings. The third kappa shape index (κ3) is 2.24. The van der Waals surface area contributed by atoms with E-state index in [-0.39, 0.29) is 28.6 Å². The molecule has 0 saturated heterocycles. The Hall–Kier alpha value is -2.76. The minimum Gasteiger partial charge on any atom is -0.508 e. The Morgan fingerprint density at radius 2 is 1.71 bits per heavy atom. The molecule has 2 aromatic rings. The van der Waals surface area contributed by atoms with Gasteiger partial charge in [0.2, 0.25) is 0 Å². The number of phenolic OH excluding ortho intramolecular Hbond substituents is 2. The SMILES string of the molecule is OC1=Cc2c(F)cc(F)cc2O[C@@H]1c1ccc(O)c(O)c1. The van der Waals surface area contributed by atoms with Crippen LogP contribution in [0.3, 0.4) is 0 Å². The highest BCUT2D eigenvalue weighted by Gasteiger charge is 2.27. The second kappa shape index (κ2) is 4.66. The smallest absolute Gasteiger partial charge is 0.180 e. The van der Waals surface area contributed by atoms with Crippen LogP contribution in [0.15, 0.2) is 36.1 Å². The molecule has 108 valence electrons. The van der Waals surface area contributed by atoms with Crippen molar-refractivity contribution in [2.75, 3.05) is 0 Å². The Morgan fingerprint density at radius 3 is 2.43 bits per heavy atom. The van der Waals surface area contributed by atoms with Crippen molar-refractivity contribution in [2.24, 2.45) is 0 Å². The number of hydrogen-bond donors (Lipinski definition) is 3. The van der Waals surface area contributed by atoms with Gasteiger partial charge in [-0.1, -0.05) is 6.07 Å². The Balaban J connectivity index is 2.06. The van der Waals surface area contributed by atoms with E-state index >= 15 is 0 Å². The van der Waals surface area contributed by atoms with Gasteiger partial charge in [-0.3, -0.25) is 0 Å². The maximum Gasteiger partial charge on any atom is 0.180 e. The Kier molecular flexibility index (Phi) is 2.94. The van der Waals surface area contributed by atoms with Crippen molar-refractivity contribution in [1.82, 2.24) is 0 Å². The number of aliphatic hydroxyl groups excluding tert-OH is 1. The minimum atomic E-state index is -1.02. The van der Waals surface area contributed by atoms with Crippen LogP contribution in [0.1, 0.15) is 17.2 Å². The lowest BCUT2D eigenvalue weighted by Crippen LogP contribution is -2.15. The van der Waals surface area contributed by atoms with Gasteiger partial charge in [0.1, 0.15) is 23.1 Å². The summed E-state index contributed by atoms with van der Waals surface area (Å²) in [4.78, 5) is 0. The van der Waals surface area contributed by atoms with E-state index in [0.29, 0.717) is 11.6 Å². The number of phenols is 2. The quantitative estimate of drug-likeness (QED) is 0.704. The summed E-state index contributed by atoms with van der Waals surface area (Å²) in [7, 11) is 0. The van der Waals surface area contributed by atoms with Crippen molar-refractivity contribution in [3.05, 3.63) is 58.9 Å². The number of benzene rings is 2. The molecule has 0 amide bonds. The number of hydrogen-bond acceptors (Lipinski definition) is 4. The zero-order chi connectivity index (χ0) is 15.1. The van der Waals surface area contributed by atoms with E-state index in [1.165, 1.54) is 18.2 Å². The lowest BCUT2D eigenvalue weighted by Gasteiger charge is -2.25. The Morgan fingerprint density at radius 1 is 0.952 bits per heavy atom. The van der Waals surface area contributed by atoms with Gasteiger partial charge in [-0.2, -0.15) is 0 Å². The van der Waals surface area contributed by atoms with Gasteiger partial charge in [0.15, 0.2) is 17.6 Å². The summed E-state index contributed by atoms with van der Waals surface area (Å²) in [5.41, 5.74) is 0.280. The van der Waals surface area contributed by atoms with E-state index in [4.69, 9.17) is 4.74 Å². The van der Waals surface area contributed by atoms with Crippen molar-refractivity contribution in [1.29, 1.82) is 0 Å². The van der Waals surface area contributed by atoms with Gasteiger partial charge in [-0.25, -0.2) is 8.78 Å². The molecule has 1 atom stereocenters. The second-order valence-electron chi connectivity index (χ2n) is 4.61. The molecule has 0 bridgehead atoms. The van der Waals surface area contributed by atoms with Gasteiger partial charge in [-0.15, -0.1) is 0 Å². The topological polar surface area (TPSA) is 69.9 Å². The van der Waals surface area contributed by atoms with Gasteiger partial charge in [-0.05, 0) is 18.2 Å². The standard InChI is InChI=1S/C15H10F2O4/c16-8-4-10(17)9-6-13(20)15(21-14(9)5-8)7-1-2-11(18)12(19)3-7/h1-6,15,18-20H/t15-/m1/s1. The van der Waals surface area contributed by atoms with Crippen LogP contribution in [0.25, 0.3) is 6.08 Å². The molecule has 21 heavy (non-hydrogen) atoms. The number of rotatable bonds is 1. The number of fused-ring (bicyclic) bond motifs is 1. The first-order chi connectivity index (χ1) is 9.95. The molecule has 3 rings (SSSR count). The summed E-state index contributed by atoms with van der Waals surface area (Å²) in [6, 6.07) is 5.55. The third-order valence-corrected chi connectivity index (χ3v) is 3.16. The maximum absolute atomic E-state index is 13.6. The summed E-state index contributed by atoms with van der Waals surface area (Å²) < 4.78 is 32.2. The van der Waals surface area contributed by atoms with Crippen LogP contribution in [0.5, 0.6) is 17.2 Å². The average molecular weight is 292 g/mol. The van der Waals surface area contributed by atoms with Crippen molar-refractivity contribution in [3.63, 3.8) is 0 Å². The zero-order valence-electron chi connectivity index (χ0n) is 10.5. The normalized spacial score (nSPS) is 16.9. The molecule has 0 unspecified atom stereocenters. The van der Waals surface area contributed by atoms with Crippen LogP contribution in [-0.2, 0) is 0 Å². The highest BCUT2D eigenvalue weighted by atomic mass is 19.1. The first-order valence-electron chi connectivity index (χ1n) is 6.04. The molecular formula is C15H10F2O4. The first-order valence-corrected chi connectivity index (χ1v) is 6.04. The zero-order valence-corrected chi connectivity index (χ0v) is 10.5. The predicted molar refractivity (Wildman–Crippen MR) is 70.1 cm³/mol. The van der Waals surface area contributed by atoms with Gasteiger partial charge in [0.25, 0.3) is 0 Å². The fourth-order valence-corrected chi connectivity index (χ4v) is 2.15. The summed E-state index contributed by atoms with van der Waals surface area (Å²) >= 11 is 0. The van der Waals surface area contributed by atoms with Crippen LogP contribution in [0, 0.1) is 11.6 Å². The van der Waals surface area contributed by atoms with Crippen LogP contribution < -0.4 is 4.74 Å². The molecular weight excluding hydrogens is 282 g/mol. The fourth-order valence-electron chi connectivity index (χ4n) is 2.15. The monoisotopic (exact) mass is 292 g/mol. The molecule has 0 aromatic heterocycles.